The first-order valence-corrected chi connectivity index (χ1v) is 9.03. The minimum Gasteiger partial charge on any atom is -0.484 e. The first-order valence-electron chi connectivity index (χ1n) is 9.03. The van der Waals surface area contributed by atoms with Crippen LogP contribution in [0.3, 0.4) is 0 Å². The average Bonchev–Trinajstić information content (AvgIpc) is 2.71. The Balaban J connectivity index is 1.82. The van der Waals surface area contributed by atoms with Crippen LogP contribution in [0, 0.1) is 6.92 Å². The van der Waals surface area contributed by atoms with E-state index in [2.05, 4.69) is 15.8 Å². The lowest BCUT2D eigenvalue weighted by Crippen LogP contribution is -2.37. The predicted molar refractivity (Wildman–Crippen MR) is 108 cm³/mol. The third-order valence-corrected chi connectivity index (χ3v) is 3.80. The Morgan fingerprint density at radius 1 is 1.00 bits per heavy atom. The number of ether oxygens (including phenoxy) is 1. The summed E-state index contributed by atoms with van der Waals surface area (Å²) in [5.41, 5.74) is 4.51. The van der Waals surface area contributed by atoms with Crippen molar-refractivity contribution in [1.29, 1.82) is 0 Å². The molecule has 0 heterocycles. The summed E-state index contributed by atoms with van der Waals surface area (Å²) in [6.45, 7) is 1.42. The summed E-state index contributed by atoms with van der Waals surface area (Å²) in [5, 5.41) is 15.3. The van der Waals surface area contributed by atoms with Crippen LogP contribution in [-0.2, 0) is 14.4 Å². The number of carboxylic acid groups (broad SMARTS) is 1. The average molecular weight is 397 g/mol. The van der Waals surface area contributed by atoms with E-state index < -0.39 is 17.8 Å². The maximum Gasteiger partial charge on any atom is 0.303 e. The zero-order chi connectivity index (χ0) is 21.1. The largest absolute Gasteiger partial charge is 0.484 e. The number of nitrogens with zero attached hydrogens (tertiary/aromatic N) is 1. The Morgan fingerprint density at radius 2 is 1.76 bits per heavy atom. The van der Waals surface area contributed by atoms with Gasteiger partial charge in [-0.05, 0) is 30.2 Å². The van der Waals surface area contributed by atoms with Gasteiger partial charge in [-0.2, -0.15) is 5.10 Å². The van der Waals surface area contributed by atoms with E-state index in [0.717, 1.165) is 5.56 Å². The van der Waals surface area contributed by atoms with Crippen molar-refractivity contribution in [2.24, 2.45) is 5.10 Å². The normalized spacial score (nSPS) is 10.9. The molecule has 2 amide bonds. The zero-order valence-corrected chi connectivity index (χ0v) is 16.1. The van der Waals surface area contributed by atoms with Crippen LogP contribution >= 0.6 is 0 Å². The van der Waals surface area contributed by atoms with Gasteiger partial charge >= 0.3 is 5.97 Å². The third-order valence-electron chi connectivity index (χ3n) is 3.80. The van der Waals surface area contributed by atoms with E-state index >= 15 is 0 Å². The van der Waals surface area contributed by atoms with Gasteiger partial charge in [-0.25, -0.2) is 5.43 Å². The van der Waals surface area contributed by atoms with E-state index in [-0.39, 0.29) is 26.0 Å². The molecule has 8 nitrogen and oxygen atoms in total. The summed E-state index contributed by atoms with van der Waals surface area (Å²) in [7, 11) is 0. The van der Waals surface area contributed by atoms with Gasteiger partial charge in [-0.3, -0.25) is 14.4 Å². The number of amides is 2. The molecule has 0 fully saturated rings. The Labute approximate surface area is 168 Å². The Morgan fingerprint density at radius 3 is 2.45 bits per heavy atom. The highest BCUT2D eigenvalue weighted by atomic mass is 16.5. The molecule has 0 aromatic heterocycles. The highest BCUT2D eigenvalue weighted by Gasteiger charge is 2.09. The molecule has 0 spiro atoms. The van der Waals surface area contributed by atoms with Crippen LogP contribution in [0.5, 0.6) is 5.75 Å². The van der Waals surface area contributed by atoms with Crippen molar-refractivity contribution in [2.45, 2.75) is 19.8 Å². The Kier molecular flexibility index (Phi) is 8.37. The topological polar surface area (TPSA) is 117 Å². The number of benzene rings is 2. The van der Waals surface area contributed by atoms with E-state index in [4.69, 9.17) is 9.84 Å². The number of aliphatic carboxylic acids is 1. The molecule has 2 aromatic carbocycles. The van der Waals surface area contributed by atoms with Crippen LogP contribution in [0.15, 0.2) is 59.7 Å². The van der Waals surface area contributed by atoms with Crippen molar-refractivity contribution < 1.29 is 24.2 Å². The number of carboxylic acids is 1. The van der Waals surface area contributed by atoms with Crippen molar-refractivity contribution >= 4 is 23.5 Å². The van der Waals surface area contributed by atoms with Crippen molar-refractivity contribution in [2.75, 3.05) is 13.2 Å². The van der Waals surface area contributed by atoms with Crippen LogP contribution in [0.25, 0.3) is 0 Å². The second-order valence-electron chi connectivity index (χ2n) is 6.24. The van der Waals surface area contributed by atoms with Crippen molar-refractivity contribution in [3.8, 4) is 5.75 Å². The van der Waals surface area contributed by atoms with E-state index in [1.807, 2.05) is 25.1 Å². The number of hydrogen-bond acceptors (Lipinski definition) is 5. The highest BCUT2D eigenvalue weighted by Crippen LogP contribution is 2.11. The number of nitrogens with one attached hydrogen (secondary N) is 2. The van der Waals surface area contributed by atoms with Gasteiger partial charge < -0.3 is 15.2 Å². The quantitative estimate of drug-likeness (QED) is 0.418. The van der Waals surface area contributed by atoms with Crippen molar-refractivity contribution in [3.05, 3.63) is 65.7 Å². The van der Waals surface area contributed by atoms with Crippen LogP contribution < -0.4 is 15.5 Å². The van der Waals surface area contributed by atoms with Gasteiger partial charge in [0, 0.05) is 6.42 Å². The first kappa shape index (κ1) is 21.6. The number of rotatable bonds is 10. The monoisotopic (exact) mass is 397 g/mol. The first-order chi connectivity index (χ1) is 13.9. The zero-order valence-electron chi connectivity index (χ0n) is 16.1. The molecule has 29 heavy (non-hydrogen) atoms. The summed E-state index contributed by atoms with van der Waals surface area (Å²) in [5.74, 6) is -1.36. The summed E-state index contributed by atoms with van der Waals surface area (Å²) in [6.07, 6.45) is 0.0486. The molecule has 0 bridgehead atoms. The van der Waals surface area contributed by atoms with Crippen LogP contribution in [0.2, 0.25) is 0 Å². The number of aryl methyl sites for hydroxylation is 1. The van der Waals surface area contributed by atoms with Crippen LogP contribution in [-0.4, -0.2) is 41.8 Å². The van der Waals surface area contributed by atoms with E-state index in [1.54, 1.807) is 36.4 Å². The van der Waals surface area contributed by atoms with E-state index in [0.29, 0.717) is 17.0 Å². The number of carbonyl (C=O) groups excluding carboxylic acids is 2. The molecule has 0 aliphatic rings. The molecule has 3 N–H and O–H groups in total. The van der Waals surface area contributed by atoms with Crippen LogP contribution in [0.4, 0.5) is 0 Å². The second-order valence-corrected chi connectivity index (χ2v) is 6.24. The molecule has 2 rings (SSSR count). The molecule has 0 radical (unpaired) electrons. The smallest absolute Gasteiger partial charge is 0.303 e. The number of carbonyl (C=O) groups is 3. The molecule has 0 atom stereocenters. The second kappa shape index (κ2) is 11.2. The van der Waals surface area contributed by atoms with E-state index in [9.17, 15) is 14.4 Å². The fourth-order valence-electron chi connectivity index (χ4n) is 2.37. The minimum absolute atomic E-state index is 0.114. The third kappa shape index (κ3) is 8.25. The molecule has 0 unspecified atom stereocenters. The van der Waals surface area contributed by atoms with E-state index in [1.165, 1.54) is 0 Å². The maximum absolute atomic E-state index is 12.0. The summed E-state index contributed by atoms with van der Waals surface area (Å²) in [4.78, 5) is 34.6. The number of hydrogen-bond donors (Lipinski definition) is 3. The molecule has 8 heteroatoms. The standard InChI is InChI=1S/C21H23N3O5/c1-15-6-5-9-17(12-15)29-14-20(26)22-13-19(25)24-23-18(10-11-21(27)28)16-7-3-2-4-8-16/h2-9,12H,10-11,13-14H2,1H3,(H,22,26)(H,24,25)(H,27,28)/b23-18+. The Hall–Kier alpha value is -3.68. The minimum atomic E-state index is -0.958. The lowest BCUT2D eigenvalue weighted by Gasteiger charge is -2.08. The van der Waals surface area contributed by atoms with Gasteiger partial charge in [0.2, 0.25) is 0 Å². The van der Waals surface area contributed by atoms with Gasteiger partial charge in [0.15, 0.2) is 6.61 Å². The molecule has 0 saturated carbocycles. The SMILES string of the molecule is Cc1cccc(OCC(=O)NCC(=O)N/N=C(\CCC(=O)O)c2ccccc2)c1. The maximum atomic E-state index is 12.0. The van der Waals surface area contributed by atoms with Gasteiger partial charge in [0.1, 0.15) is 5.75 Å². The highest BCUT2D eigenvalue weighted by molar-refractivity contribution is 6.02. The summed E-state index contributed by atoms with van der Waals surface area (Å²) < 4.78 is 5.36. The van der Waals surface area contributed by atoms with Gasteiger partial charge in [-0.1, -0.05) is 42.5 Å². The van der Waals surface area contributed by atoms with Crippen LogP contribution in [0.1, 0.15) is 24.0 Å². The van der Waals surface area contributed by atoms with Gasteiger partial charge in [0.05, 0.1) is 18.7 Å². The van der Waals surface area contributed by atoms with Crippen molar-refractivity contribution in [3.63, 3.8) is 0 Å². The van der Waals surface area contributed by atoms with Gasteiger partial charge in [-0.15, -0.1) is 0 Å². The van der Waals surface area contributed by atoms with Crippen molar-refractivity contribution in [1.82, 2.24) is 10.7 Å². The number of hydrazone groups is 1. The summed E-state index contributed by atoms with van der Waals surface area (Å²) >= 11 is 0. The fraction of sp³-hybridized carbons (Fsp3) is 0.238. The predicted octanol–water partition coefficient (Wildman–Crippen LogP) is 1.88. The molecule has 152 valence electrons. The molecule has 0 aliphatic carbocycles. The molecule has 0 saturated heterocycles. The fourth-order valence-corrected chi connectivity index (χ4v) is 2.37. The Bertz CT molecular complexity index is 881. The molecular weight excluding hydrogens is 374 g/mol. The lowest BCUT2D eigenvalue weighted by molar-refractivity contribution is -0.136. The summed E-state index contributed by atoms with van der Waals surface area (Å²) in [6, 6.07) is 16.2. The molecule has 2 aromatic rings. The van der Waals surface area contributed by atoms with Gasteiger partial charge in [0.25, 0.3) is 11.8 Å². The molecular formula is C21H23N3O5. The molecule has 0 aliphatic heterocycles. The lowest BCUT2D eigenvalue weighted by atomic mass is 10.1.